The van der Waals surface area contributed by atoms with Gasteiger partial charge in [-0.15, -0.1) is 0 Å². The average Bonchev–Trinajstić information content (AvgIpc) is 2.89. The van der Waals surface area contributed by atoms with Crippen molar-refractivity contribution in [1.29, 1.82) is 0 Å². The highest BCUT2D eigenvalue weighted by molar-refractivity contribution is 8.30. The Labute approximate surface area is 214 Å². The molecule has 0 atom stereocenters. The summed E-state index contributed by atoms with van der Waals surface area (Å²) in [5.41, 5.74) is 1.13. The summed E-state index contributed by atoms with van der Waals surface area (Å²) in [6.07, 6.45) is 5.71. The molecule has 0 aliphatic carbocycles. The van der Waals surface area contributed by atoms with Gasteiger partial charge in [0.05, 0.1) is 0 Å². The summed E-state index contributed by atoms with van der Waals surface area (Å²) >= 11 is 0. The second-order valence-electron chi connectivity index (χ2n) is 8.92. The lowest BCUT2D eigenvalue weighted by Gasteiger charge is -2.39. The van der Waals surface area contributed by atoms with Crippen LogP contribution >= 0.6 is 10.3 Å². The summed E-state index contributed by atoms with van der Waals surface area (Å²) in [4.78, 5) is 13.8. The molecule has 0 fully saturated rings. The van der Waals surface area contributed by atoms with Gasteiger partial charge in [-0.3, -0.25) is 0 Å². The monoisotopic (exact) mass is 516 g/mol. The Balaban J connectivity index is 1.85. The second kappa shape index (κ2) is 13.5. The Bertz CT molecular complexity index is 1010. The second-order valence-corrected chi connectivity index (χ2v) is 11.6. The summed E-state index contributed by atoms with van der Waals surface area (Å²) in [5, 5.41) is 0. The fraction of sp³-hybridized carbons (Fsp3) is 0.367. The van der Waals surface area contributed by atoms with Gasteiger partial charge in [0.15, 0.2) is 0 Å². The highest BCUT2D eigenvalue weighted by atomic mass is 32.3. The minimum atomic E-state index is -5.10. The minimum Gasteiger partial charge on any atom is -0.395 e. The Hall–Kier alpha value is -2.73. The highest BCUT2D eigenvalue weighted by Crippen LogP contribution is 2.69. The van der Waals surface area contributed by atoms with E-state index in [0.717, 1.165) is 18.4 Å². The number of unbranched alkanes of at least 4 members (excludes halogenated alkanes) is 7. The average molecular weight is 517 g/mol. The van der Waals surface area contributed by atoms with Crippen LogP contribution in [0.4, 0.5) is 13.2 Å². The third-order valence-electron chi connectivity index (χ3n) is 6.16. The molecule has 0 bridgehead atoms. The van der Waals surface area contributed by atoms with Crippen LogP contribution in [0.5, 0.6) is 0 Å². The number of benzene rings is 3. The molecular weight excluding hydrogens is 481 g/mol. The van der Waals surface area contributed by atoms with E-state index in [1.807, 2.05) is 24.3 Å². The maximum absolute atomic E-state index is 13.4. The number of rotatable bonds is 13. The molecule has 0 saturated heterocycles. The van der Waals surface area contributed by atoms with Gasteiger partial charge in [0, 0.05) is 14.7 Å². The van der Waals surface area contributed by atoms with Gasteiger partial charge in [-0.05, 0) is 65.1 Å². The maximum atomic E-state index is 13.4. The Morgan fingerprint density at radius 2 is 1.11 bits per heavy atom. The van der Waals surface area contributed by atoms with Crippen LogP contribution in [-0.4, -0.2) is 12.1 Å². The van der Waals surface area contributed by atoms with Crippen LogP contribution in [-0.2, 0) is 15.4 Å². The lowest BCUT2D eigenvalue weighted by molar-refractivity contribution is -0.188. The van der Waals surface area contributed by atoms with Crippen molar-refractivity contribution in [2.45, 2.75) is 85.6 Å². The van der Waals surface area contributed by atoms with Crippen LogP contribution in [0.1, 0.15) is 63.9 Å². The van der Waals surface area contributed by atoms with Gasteiger partial charge in [-0.1, -0.05) is 100 Å². The summed E-state index contributed by atoms with van der Waals surface area (Å²) < 4.78 is 45.7. The smallest absolute Gasteiger partial charge is 0.395 e. The molecule has 0 aliphatic rings. The lowest BCUT2D eigenvalue weighted by atomic mass is 10.0. The molecule has 2 nitrogen and oxygen atoms in total. The highest BCUT2D eigenvalue weighted by Gasteiger charge is 2.47. The fourth-order valence-electron chi connectivity index (χ4n) is 4.25. The van der Waals surface area contributed by atoms with Crippen molar-refractivity contribution >= 4 is 16.3 Å². The number of carbonyl (C=O) groups is 1. The van der Waals surface area contributed by atoms with Crippen LogP contribution in [0.2, 0.25) is 0 Å². The molecular formula is C30H35F3O2S. The normalized spacial score (nSPS) is 12.3. The van der Waals surface area contributed by atoms with Crippen molar-refractivity contribution in [1.82, 2.24) is 0 Å². The van der Waals surface area contributed by atoms with Crippen molar-refractivity contribution < 1.29 is 22.1 Å². The van der Waals surface area contributed by atoms with E-state index in [4.69, 9.17) is 4.18 Å². The fourth-order valence-corrected chi connectivity index (χ4v) is 7.28. The first kappa shape index (κ1) is 27.9. The zero-order valence-electron chi connectivity index (χ0n) is 20.8. The van der Waals surface area contributed by atoms with Crippen molar-refractivity contribution in [3.8, 4) is 0 Å². The summed E-state index contributed by atoms with van der Waals surface area (Å²) in [6, 6.07) is 25.0. The molecule has 0 N–H and O–H groups in total. The van der Waals surface area contributed by atoms with E-state index >= 15 is 0 Å². The summed E-state index contributed by atoms with van der Waals surface area (Å²) in [7, 11) is -2.94. The third-order valence-corrected chi connectivity index (χ3v) is 9.37. The summed E-state index contributed by atoms with van der Waals surface area (Å²) in [5.74, 6) is -2.19. The number of aryl methyl sites for hydroxylation is 1. The molecule has 36 heavy (non-hydrogen) atoms. The third kappa shape index (κ3) is 7.39. The first-order valence-corrected chi connectivity index (χ1v) is 14.3. The molecule has 0 spiro atoms. The topological polar surface area (TPSA) is 26.3 Å². The lowest BCUT2D eigenvalue weighted by Crippen LogP contribution is -2.27. The van der Waals surface area contributed by atoms with Crippen LogP contribution < -0.4 is 0 Å². The van der Waals surface area contributed by atoms with Gasteiger partial charge in [-0.25, -0.2) is 4.79 Å². The standard InChI is InChI=1S/C30H35F3O2S/c1-2-3-4-5-6-7-8-11-16-25-21-23-28(24-22-25)36(26-17-12-9-13-18-26,27-19-14-10-15-20-27)35-29(34)30(31,32)33/h9-10,12-15,17-24H,2-8,11,16H2,1H3. The van der Waals surface area contributed by atoms with E-state index in [2.05, 4.69) is 6.92 Å². The van der Waals surface area contributed by atoms with Crippen LogP contribution in [0.3, 0.4) is 0 Å². The van der Waals surface area contributed by atoms with Crippen molar-refractivity contribution in [2.24, 2.45) is 0 Å². The van der Waals surface area contributed by atoms with E-state index < -0.39 is 22.5 Å². The molecule has 3 rings (SSSR count). The van der Waals surface area contributed by atoms with Gasteiger partial charge in [0.2, 0.25) is 0 Å². The molecule has 0 aromatic heterocycles. The number of halogens is 3. The predicted octanol–water partition coefficient (Wildman–Crippen LogP) is 9.67. The van der Waals surface area contributed by atoms with E-state index in [1.54, 1.807) is 60.7 Å². The molecule has 0 heterocycles. The molecule has 0 amide bonds. The van der Waals surface area contributed by atoms with Crippen molar-refractivity contribution in [2.75, 3.05) is 0 Å². The van der Waals surface area contributed by atoms with Crippen LogP contribution in [0.15, 0.2) is 99.6 Å². The molecule has 0 radical (unpaired) electrons. The van der Waals surface area contributed by atoms with Gasteiger partial charge in [0.1, 0.15) is 0 Å². The zero-order chi connectivity index (χ0) is 25.9. The van der Waals surface area contributed by atoms with Gasteiger partial charge >= 0.3 is 12.1 Å². The Morgan fingerprint density at radius 1 is 0.667 bits per heavy atom. The number of carbonyl (C=O) groups excluding carboxylic acids is 1. The number of alkyl halides is 3. The molecule has 3 aromatic carbocycles. The zero-order valence-corrected chi connectivity index (χ0v) is 21.6. The van der Waals surface area contributed by atoms with Gasteiger partial charge < -0.3 is 4.18 Å². The largest absolute Gasteiger partial charge is 0.491 e. The molecule has 0 saturated carbocycles. The molecule has 0 unspecified atom stereocenters. The van der Waals surface area contributed by atoms with E-state index in [0.29, 0.717) is 14.7 Å². The van der Waals surface area contributed by atoms with Gasteiger partial charge in [0.25, 0.3) is 0 Å². The van der Waals surface area contributed by atoms with E-state index in [-0.39, 0.29) is 0 Å². The van der Waals surface area contributed by atoms with Crippen LogP contribution in [0.25, 0.3) is 0 Å². The first-order valence-electron chi connectivity index (χ1n) is 12.7. The SMILES string of the molecule is CCCCCCCCCCc1ccc(S(OC(=O)C(F)(F)F)(c2ccccc2)c2ccccc2)cc1. The minimum absolute atomic E-state index is 0.532. The Morgan fingerprint density at radius 3 is 1.58 bits per heavy atom. The van der Waals surface area contributed by atoms with E-state index in [9.17, 15) is 18.0 Å². The predicted molar refractivity (Wildman–Crippen MR) is 140 cm³/mol. The Kier molecular flexibility index (Phi) is 10.5. The van der Waals surface area contributed by atoms with E-state index in [1.165, 1.54) is 44.9 Å². The quantitative estimate of drug-likeness (QED) is 0.211. The number of hydrogen-bond acceptors (Lipinski definition) is 2. The van der Waals surface area contributed by atoms with Crippen molar-refractivity contribution in [3.63, 3.8) is 0 Å². The summed E-state index contributed by atoms with van der Waals surface area (Å²) in [6.45, 7) is 2.22. The first-order chi connectivity index (χ1) is 17.4. The van der Waals surface area contributed by atoms with Crippen molar-refractivity contribution in [3.05, 3.63) is 90.5 Å². The molecule has 0 aliphatic heterocycles. The number of hydrogen-bond donors (Lipinski definition) is 0. The van der Waals surface area contributed by atoms with Crippen LogP contribution in [0, 0.1) is 0 Å². The maximum Gasteiger partial charge on any atom is 0.491 e. The molecule has 6 heteroatoms. The molecule has 3 aromatic rings. The molecule has 194 valence electrons. The van der Waals surface area contributed by atoms with Gasteiger partial charge in [-0.2, -0.15) is 13.2 Å².